The SMILES string of the molecule is CCCC1CCC(C(=O)c2c(Cl)cnn2CCOC)CC1. The van der Waals surface area contributed by atoms with Crippen LogP contribution in [0.3, 0.4) is 0 Å². The van der Waals surface area contributed by atoms with Crippen LogP contribution in [0, 0.1) is 11.8 Å². The molecule has 0 radical (unpaired) electrons. The van der Waals surface area contributed by atoms with Crippen molar-refractivity contribution >= 4 is 17.4 Å². The van der Waals surface area contributed by atoms with Gasteiger partial charge in [0.1, 0.15) is 5.69 Å². The zero-order valence-electron chi connectivity index (χ0n) is 13.0. The number of hydrogen-bond acceptors (Lipinski definition) is 3. The van der Waals surface area contributed by atoms with Gasteiger partial charge in [0.2, 0.25) is 0 Å². The summed E-state index contributed by atoms with van der Waals surface area (Å²) in [7, 11) is 1.64. The van der Waals surface area contributed by atoms with Crippen molar-refractivity contribution in [3.05, 3.63) is 16.9 Å². The van der Waals surface area contributed by atoms with Gasteiger partial charge >= 0.3 is 0 Å². The minimum absolute atomic E-state index is 0.105. The maximum Gasteiger partial charge on any atom is 0.185 e. The molecule has 1 saturated carbocycles. The third-order valence-corrected chi connectivity index (χ3v) is 4.73. The minimum Gasteiger partial charge on any atom is -0.383 e. The number of rotatable bonds is 7. The molecular weight excluding hydrogens is 288 g/mol. The molecule has 0 aromatic carbocycles. The van der Waals surface area contributed by atoms with Gasteiger partial charge in [-0.3, -0.25) is 9.48 Å². The fraction of sp³-hybridized carbons (Fsp3) is 0.750. The molecule has 0 saturated heterocycles. The van der Waals surface area contributed by atoms with Crippen LogP contribution in [0.25, 0.3) is 0 Å². The molecule has 1 aromatic rings. The number of nitrogens with zero attached hydrogens (tertiary/aromatic N) is 2. The van der Waals surface area contributed by atoms with E-state index in [1.165, 1.54) is 12.8 Å². The maximum atomic E-state index is 12.7. The lowest BCUT2D eigenvalue weighted by Gasteiger charge is -2.27. The number of Topliss-reactive ketones (excluding diaryl/α,β-unsaturated/α-hetero) is 1. The third-order valence-electron chi connectivity index (χ3n) is 4.45. The number of methoxy groups -OCH3 is 1. The van der Waals surface area contributed by atoms with Gasteiger partial charge in [-0.15, -0.1) is 0 Å². The Morgan fingerprint density at radius 3 is 2.76 bits per heavy atom. The number of carbonyl (C=O) groups is 1. The summed E-state index contributed by atoms with van der Waals surface area (Å²) in [5.74, 6) is 1.06. The van der Waals surface area contributed by atoms with Crippen molar-refractivity contribution < 1.29 is 9.53 Å². The molecule has 118 valence electrons. The van der Waals surface area contributed by atoms with Crippen LogP contribution >= 0.6 is 11.6 Å². The lowest BCUT2D eigenvalue weighted by molar-refractivity contribution is 0.0855. The van der Waals surface area contributed by atoms with Gasteiger partial charge in [0.05, 0.1) is 24.4 Å². The standard InChI is InChI=1S/C16H25ClN2O2/c1-3-4-12-5-7-13(8-6-12)16(20)15-14(17)11-18-19(15)9-10-21-2/h11-13H,3-10H2,1-2H3. The molecular formula is C16H25ClN2O2. The fourth-order valence-electron chi connectivity index (χ4n) is 3.27. The van der Waals surface area contributed by atoms with Gasteiger partial charge in [-0.1, -0.05) is 31.4 Å². The highest BCUT2D eigenvalue weighted by molar-refractivity contribution is 6.33. The first-order valence-corrected chi connectivity index (χ1v) is 8.29. The maximum absolute atomic E-state index is 12.7. The van der Waals surface area contributed by atoms with Gasteiger partial charge < -0.3 is 4.74 Å². The molecule has 0 bridgehead atoms. The first-order chi connectivity index (χ1) is 10.2. The van der Waals surface area contributed by atoms with E-state index in [9.17, 15) is 4.79 Å². The molecule has 0 amide bonds. The highest BCUT2D eigenvalue weighted by Gasteiger charge is 2.30. The summed E-state index contributed by atoms with van der Waals surface area (Å²) in [6.45, 7) is 3.32. The molecule has 5 heteroatoms. The van der Waals surface area contributed by atoms with Crippen molar-refractivity contribution in [2.75, 3.05) is 13.7 Å². The second-order valence-electron chi connectivity index (χ2n) is 5.93. The van der Waals surface area contributed by atoms with Crippen molar-refractivity contribution in [2.45, 2.75) is 52.0 Å². The Morgan fingerprint density at radius 2 is 2.14 bits per heavy atom. The Hall–Kier alpha value is -0.870. The van der Waals surface area contributed by atoms with Crippen LogP contribution in [-0.2, 0) is 11.3 Å². The van der Waals surface area contributed by atoms with Crippen molar-refractivity contribution in [2.24, 2.45) is 11.8 Å². The Kier molecular flexibility index (Phi) is 6.24. The van der Waals surface area contributed by atoms with E-state index in [-0.39, 0.29) is 11.7 Å². The monoisotopic (exact) mass is 312 g/mol. The molecule has 1 aliphatic carbocycles. The molecule has 2 rings (SSSR count). The van der Waals surface area contributed by atoms with Crippen molar-refractivity contribution in [3.8, 4) is 0 Å². The first-order valence-electron chi connectivity index (χ1n) is 7.91. The van der Waals surface area contributed by atoms with Gasteiger partial charge in [0.15, 0.2) is 5.78 Å². The molecule has 0 N–H and O–H groups in total. The van der Waals surface area contributed by atoms with Crippen LogP contribution in [-0.4, -0.2) is 29.3 Å². The normalized spacial score (nSPS) is 22.4. The highest BCUT2D eigenvalue weighted by atomic mass is 35.5. The second kappa shape index (κ2) is 7.95. The van der Waals surface area contributed by atoms with Crippen LogP contribution in [0.2, 0.25) is 5.02 Å². The molecule has 1 fully saturated rings. The summed E-state index contributed by atoms with van der Waals surface area (Å²) in [6.07, 6.45) is 8.37. The van der Waals surface area contributed by atoms with Gasteiger partial charge in [0.25, 0.3) is 0 Å². The molecule has 4 nitrogen and oxygen atoms in total. The van der Waals surface area contributed by atoms with E-state index in [1.54, 1.807) is 18.0 Å². The Balaban J connectivity index is 2.02. The molecule has 0 aliphatic heterocycles. The van der Waals surface area contributed by atoms with Gasteiger partial charge in [-0.05, 0) is 31.6 Å². The Morgan fingerprint density at radius 1 is 1.43 bits per heavy atom. The molecule has 0 atom stereocenters. The van der Waals surface area contributed by atoms with Gasteiger partial charge in [-0.2, -0.15) is 5.10 Å². The van der Waals surface area contributed by atoms with Crippen molar-refractivity contribution in [3.63, 3.8) is 0 Å². The number of ether oxygens (including phenoxy) is 1. The molecule has 0 spiro atoms. The zero-order valence-corrected chi connectivity index (χ0v) is 13.7. The number of halogens is 1. The van der Waals surface area contributed by atoms with E-state index in [1.807, 2.05) is 0 Å². The second-order valence-corrected chi connectivity index (χ2v) is 6.33. The van der Waals surface area contributed by atoms with E-state index in [0.29, 0.717) is 23.9 Å². The average Bonchev–Trinajstić information content (AvgIpc) is 2.86. The minimum atomic E-state index is 0.105. The quantitative estimate of drug-likeness (QED) is 0.715. The van der Waals surface area contributed by atoms with E-state index in [4.69, 9.17) is 16.3 Å². The summed E-state index contributed by atoms with van der Waals surface area (Å²) in [5.41, 5.74) is 0.563. The lowest BCUT2D eigenvalue weighted by atomic mass is 9.78. The first kappa shape index (κ1) is 16.5. The number of carbonyl (C=O) groups excluding carboxylic acids is 1. The number of aromatic nitrogens is 2. The molecule has 0 unspecified atom stereocenters. The Bertz CT molecular complexity index is 465. The smallest absolute Gasteiger partial charge is 0.185 e. The largest absolute Gasteiger partial charge is 0.383 e. The summed E-state index contributed by atoms with van der Waals surface area (Å²) in [4.78, 5) is 12.7. The van der Waals surface area contributed by atoms with Crippen LogP contribution in [0.4, 0.5) is 0 Å². The predicted molar refractivity (Wildman–Crippen MR) is 83.8 cm³/mol. The molecule has 1 aromatic heterocycles. The highest BCUT2D eigenvalue weighted by Crippen LogP contribution is 2.34. The lowest BCUT2D eigenvalue weighted by Crippen LogP contribution is -2.25. The summed E-state index contributed by atoms with van der Waals surface area (Å²) < 4.78 is 6.75. The number of hydrogen-bond donors (Lipinski definition) is 0. The van der Waals surface area contributed by atoms with Crippen LogP contribution in [0.15, 0.2) is 6.20 Å². The van der Waals surface area contributed by atoms with E-state index in [0.717, 1.165) is 31.6 Å². The summed E-state index contributed by atoms with van der Waals surface area (Å²) in [5, 5.41) is 4.66. The van der Waals surface area contributed by atoms with E-state index in [2.05, 4.69) is 12.0 Å². The molecule has 1 aliphatic rings. The van der Waals surface area contributed by atoms with Gasteiger partial charge in [-0.25, -0.2) is 0 Å². The number of ketones is 1. The topological polar surface area (TPSA) is 44.1 Å². The zero-order chi connectivity index (χ0) is 15.2. The average molecular weight is 313 g/mol. The fourth-order valence-corrected chi connectivity index (χ4v) is 3.50. The van der Waals surface area contributed by atoms with Crippen LogP contribution < -0.4 is 0 Å². The van der Waals surface area contributed by atoms with Crippen LogP contribution in [0.1, 0.15) is 55.9 Å². The Labute approximate surface area is 131 Å². The van der Waals surface area contributed by atoms with E-state index >= 15 is 0 Å². The van der Waals surface area contributed by atoms with Crippen LogP contribution in [0.5, 0.6) is 0 Å². The third kappa shape index (κ3) is 4.07. The van der Waals surface area contributed by atoms with Crippen molar-refractivity contribution in [1.82, 2.24) is 9.78 Å². The van der Waals surface area contributed by atoms with Gasteiger partial charge in [0, 0.05) is 13.0 Å². The van der Waals surface area contributed by atoms with E-state index < -0.39 is 0 Å². The van der Waals surface area contributed by atoms with Crippen molar-refractivity contribution in [1.29, 1.82) is 0 Å². The predicted octanol–water partition coefficient (Wildman–Crippen LogP) is 3.97. The molecule has 21 heavy (non-hydrogen) atoms. The summed E-state index contributed by atoms with van der Waals surface area (Å²) >= 11 is 6.17. The molecule has 1 heterocycles. The summed E-state index contributed by atoms with van der Waals surface area (Å²) in [6, 6.07) is 0.